The van der Waals surface area contributed by atoms with Crippen LogP contribution in [0.4, 0.5) is 5.69 Å². The van der Waals surface area contributed by atoms with Gasteiger partial charge in [-0.1, -0.05) is 36.4 Å². The van der Waals surface area contributed by atoms with Crippen LogP contribution in [0.25, 0.3) is 38.4 Å². The number of primary amides is 1. The highest BCUT2D eigenvalue weighted by molar-refractivity contribution is 6.06. The number of anilines is 1. The highest BCUT2D eigenvalue weighted by Crippen LogP contribution is 2.38. The van der Waals surface area contributed by atoms with E-state index in [0.717, 1.165) is 33.0 Å². The standard InChI is InChI=1S/C31H26N2O4/c1-3-36-28-17-29-26(27(18-37-29)23-9-8-20-6-4-5-7-22(20)15-23)16-25(28)19(2)14-30(34)33-24-12-10-21(11-13-24)31(32)35/h4-18H,3H2,1-2H3,(H2,32,35)(H,33,34)/b19-14+. The zero-order valence-electron chi connectivity index (χ0n) is 20.6. The molecule has 0 bridgehead atoms. The molecule has 1 aromatic heterocycles. The summed E-state index contributed by atoms with van der Waals surface area (Å²) in [4.78, 5) is 24.0. The van der Waals surface area contributed by atoms with Gasteiger partial charge in [-0.3, -0.25) is 9.59 Å². The number of carbonyl (C=O) groups is 2. The number of allylic oxidation sites excluding steroid dienone is 1. The van der Waals surface area contributed by atoms with Gasteiger partial charge in [0.15, 0.2) is 0 Å². The lowest BCUT2D eigenvalue weighted by Gasteiger charge is -2.12. The molecule has 0 saturated carbocycles. The maximum atomic E-state index is 12.8. The summed E-state index contributed by atoms with van der Waals surface area (Å²) in [5, 5.41) is 6.08. The Kier molecular flexibility index (Phi) is 6.47. The number of hydrogen-bond acceptors (Lipinski definition) is 4. The average molecular weight is 491 g/mol. The first-order chi connectivity index (χ1) is 17.9. The number of nitrogens with two attached hydrogens (primary N) is 1. The SMILES string of the molecule is CCOc1cc2occ(-c3ccc4ccccc4c3)c2cc1/C(C)=C/C(=O)Nc1ccc(C(N)=O)cc1. The van der Waals surface area contributed by atoms with Crippen LogP contribution in [0.5, 0.6) is 5.75 Å². The van der Waals surface area contributed by atoms with Crippen molar-refractivity contribution in [2.24, 2.45) is 5.73 Å². The number of carbonyl (C=O) groups excluding carboxylic acids is 2. The molecule has 0 aliphatic carbocycles. The molecule has 1 heterocycles. The highest BCUT2D eigenvalue weighted by Gasteiger charge is 2.16. The molecule has 0 aliphatic rings. The second-order valence-electron chi connectivity index (χ2n) is 8.75. The summed E-state index contributed by atoms with van der Waals surface area (Å²) in [6.07, 6.45) is 3.29. The Morgan fingerprint density at radius 2 is 1.73 bits per heavy atom. The molecular weight excluding hydrogens is 464 g/mol. The Morgan fingerprint density at radius 1 is 0.973 bits per heavy atom. The minimum atomic E-state index is -0.519. The van der Waals surface area contributed by atoms with Gasteiger partial charge in [0.05, 0.1) is 12.9 Å². The molecule has 4 aromatic carbocycles. The van der Waals surface area contributed by atoms with E-state index in [1.165, 1.54) is 11.5 Å². The predicted molar refractivity (Wildman–Crippen MR) is 148 cm³/mol. The van der Waals surface area contributed by atoms with E-state index in [1.807, 2.05) is 38.1 Å². The van der Waals surface area contributed by atoms with Gasteiger partial charge in [-0.25, -0.2) is 0 Å². The molecule has 6 heteroatoms. The van der Waals surface area contributed by atoms with Gasteiger partial charge in [-0.2, -0.15) is 0 Å². The van der Waals surface area contributed by atoms with Crippen molar-refractivity contribution in [3.63, 3.8) is 0 Å². The molecule has 0 saturated heterocycles. The van der Waals surface area contributed by atoms with E-state index in [2.05, 4.69) is 35.6 Å². The molecule has 0 radical (unpaired) electrons. The second kappa shape index (κ2) is 10.0. The van der Waals surface area contributed by atoms with Crippen LogP contribution < -0.4 is 15.8 Å². The van der Waals surface area contributed by atoms with Crippen molar-refractivity contribution >= 4 is 44.8 Å². The fraction of sp³-hybridized carbons (Fsp3) is 0.0968. The Labute approximate surface area is 214 Å². The van der Waals surface area contributed by atoms with Gasteiger partial charge >= 0.3 is 0 Å². The summed E-state index contributed by atoms with van der Waals surface area (Å²) in [5.74, 6) is -0.176. The van der Waals surface area contributed by atoms with Gasteiger partial charge in [0.1, 0.15) is 11.3 Å². The smallest absolute Gasteiger partial charge is 0.248 e. The monoisotopic (exact) mass is 490 g/mol. The molecule has 0 aliphatic heterocycles. The van der Waals surface area contributed by atoms with Crippen LogP contribution in [-0.4, -0.2) is 18.4 Å². The molecule has 0 fully saturated rings. The van der Waals surface area contributed by atoms with Crippen LogP contribution in [0.3, 0.4) is 0 Å². The minimum Gasteiger partial charge on any atom is -0.493 e. The van der Waals surface area contributed by atoms with Crippen molar-refractivity contribution in [1.82, 2.24) is 0 Å². The first kappa shape index (κ1) is 23.9. The molecule has 2 amide bonds. The lowest BCUT2D eigenvalue weighted by Crippen LogP contribution is -2.12. The molecule has 184 valence electrons. The fourth-order valence-electron chi connectivity index (χ4n) is 4.39. The minimum absolute atomic E-state index is 0.297. The van der Waals surface area contributed by atoms with E-state index in [1.54, 1.807) is 30.5 Å². The van der Waals surface area contributed by atoms with Gasteiger partial charge in [0, 0.05) is 39.9 Å². The van der Waals surface area contributed by atoms with E-state index < -0.39 is 5.91 Å². The van der Waals surface area contributed by atoms with Crippen LogP contribution >= 0.6 is 0 Å². The van der Waals surface area contributed by atoms with Crippen molar-refractivity contribution in [3.05, 3.63) is 102 Å². The van der Waals surface area contributed by atoms with Gasteiger partial charge < -0.3 is 20.2 Å². The predicted octanol–water partition coefficient (Wildman–Crippen LogP) is 6.79. The Morgan fingerprint density at radius 3 is 2.46 bits per heavy atom. The molecule has 3 N–H and O–H groups in total. The molecule has 5 rings (SSSR count). The molecule has 6 nitrogen and oxygen atoms in total. The third-order valence-corrected chi connectivity index (χ3v) is 6.25. The molecule has 0 spiro atoms. The number of ether oxygens (including phenoxy) is 1. The zero-order chi connectivity index (χ0) is 25.9. The van der Waals surface area contributed by atoms with Crippen molar-refractivity contribution in [1.29, 1.82) is 0 Å². The second-order valence-corrected chi connectivity index (χ2v) is 8.75. The Balaban J connectivity index is 1.50. The largest absolute Gasteiger partial charge is 0.493 e. The normalized spacial score (nSPS) is 11.6. The Bertz CT molecular complexity index is 1660. The molecular formula is C31H26N2O4. The van der Waals surface area contributed by atoms with E-state index in [0.29, 0.717) is 29.2 Å². The van der Waals surface area contributed by atoms with E-state index in [4.69, 9.17) is 14.9 Å². The van der Waals surface area contributed by atoms with E-state index >= 15 is 0 Å². The van der Waals surface area contributed by atoms with Crippen LogP contribution in [0.1, 0.15) is 29.8 Å². The van der Waals surface area contributed by atoms with Crippen molar-refractivity contribution < 1.29 is 18.7 Å². The summed E-state index contributed by atoms with van der Waals surface area (Å²) in [6.45, 7) is 4.26. The maximum absolute atomic E-state index is 12.8. The summed E-state index contributed by atoms with van der Waals surface area (Å²) in [6, 6.07) is 24.9. The number of nitrogens with one attached hydrogen (secondary N) is 1. The Hall–Kier alpha value is -4.84. The van der Waals surface area contributed by atoms with Crippen molar-refractivity contribution in [2.45, 2.75) is 13.8 Å². The quantitative estimate of drug-likeness (QED) is 0.246. The number of fused-ring (bicyclic) bond motifs is 2. The highest BCUT2D eigenvalue weighted by atomic mass is 16.5. The van der Waals surface area contributed by atoms with Gasteiger partial charge in [-0.05, 0) is 72.2 Å². The topological polar surface area (TPSA) is 94.6 Å². The lowest BCUT2D eigenvalue weighted by atomic mass is 9.97. The number of benzene rings is 4. The number of rotatable bonds is 7. The molecule has 5 aromatic rings. The zero-order valence-corrected chi connectivity index (χ0v) is 20.6. The third-order valence-electron chi connectivity index (χ3n) is 6.25. The first-order valence-electron chi connectivity index (χ1n) is 12.0. The van der Waals surface area contributed by atoms with Crippen LogP contribution in [0, 0.1) is 0 Å². The van der Waals surface area contributed by atoms with Crippen LogP contribution in [-0.2, 0) is 4.79 Å². The first-order valence-corrected chi connectivity index (χ1v) is 12.0. The van der Waals surface area contributed by atoms with Crippen molar-refractivity contribution in [2.75, 3.05) is 11.9 Å². The number of furan rings is 1. The number of amides is 2. The fourth-order valence-corrected chi connectivity index (χ4v) is 4.39. The average Bonchev–Trinajstić information content (AvgIpc) is 3.31. The van der Waals surface area contributed by atoms with E-state index in [-0.39, 0.29) is 5.91 Å². The maximum Gasteiger partial charge on any atom is 0.248 e. The summed E-state index contributed by atoms with van der Waals surface area (Å²) < 4.78 is 11.8. The third kappa shape index (κ3) is 4.95. The van der Waals surface area contributed by atoms with Gasteiger partial charge in [0.25, 0.3) is 0 Å². The lowest BCUT2D eigenvalue weighted by molar-refractivity contribution is -0.111. The van der Waals surface area contributed by atoms with E-state index in [9.17, 15) is 9.59 Å². The molecule has 37 heavy (non-hydrogen) atoms. The molecule has 0 unspecified atom stereocenters. The van der Waals surface area contributed by atoms with Crippen LogP contribution in [0.2, 0.25) is 0 Å². The molecule has 0 atom stereocenters. The van der Waals surface area contributed by atoms with Crippen molar-refractivity contribution in [3.8, 4) is 16.9 Å². The van der Waals surface area contributed by atoms with Crippen LogP contribution in [0.15, 0.2) is 95.6 Å². The number of hydrogen-bond donors (Lipinski definition) is 2. The summed E-state index contributed by atoms with van der Waals surface area (Å²) in [5.41, 5.74) is 10.5. The summed E-state index contributed by atoms with van der Waals surface area (Å²) >= 11 is 0. The van der Waals surface area contributed by atoms with Gasteiger partial charge in [-0.15, -0.1) is 0 Å². The summed E-state index contributed by atoms with van der Waals surface area (Å²) in [7, 11) is 0. The van der Waals surface area contributed by atoms with Gasteiger partial charge in [0.2, 0.25) is 11.8 Å².